The largest absolute Gasteiger partial charge is 0.374 e. The summed E-state index contributed by atoms with van der Waals surface area (Å²) in [6.07, 6.45) is 0. The number of rotatable bonds is 1. The molecule has 2 unspecified atom stereocenters. The van der Waals surface area contributed by atoms with E-state index in [0.29, 0.717) is 0 Å². The second-order valence-corrected chi connectivity index (χ2v) is 4.06. The van der Waals surface area contributed by atoms with E-state index < -0.39 is 0 Å². The van der Waals surface area contributed by atoms with E-state index >= 15 is 0 Å². The summed E-state index contributed by atoms with van der Waals surface area (Å²) >= 11 is 0. The number of fused-ring (bicyclic) bond motifs is 1. The number of nitrogens with zero attached hydrogens (tertiary/aromatic N) is 1. The summed E-state index contributed by atoms with van der Waals surface area (Å²) in [4.78, 5) is 5.75. The van der Waals surface area contributed by atoms with Gasteiger partial charge in [0, 0.05) is 16.8 Å². The lowest BCUT2D eigenvalue weighted by molar-refractivity contribution is 0.191. The van der Waals surface area contributed by atoms with Gasteiger partial charge in [0.2, 0.25) is 5.72 Å². The molecule has 3 nitrogen and oxygen atoms in total. The first-order valence-corrected chi connectivity index (χ1v) is 5.19. The quantitative estimate of drug-likeness (QED) is 0.705. The Balaban J connectivity index is 2.10. The molecule has 0 radical (unpaired) electrons. The minimum atomic E-state index is -0.281. The highest BCUT2D eigenvalue weighted by Crippen LogP contribution is 2.52. The van der Waals surface area contributed by atoms with Crippen LogP contribution >= 0.6 is 0 Å². The number of hydroxylamine groups is 2. The molecule has 2 aliphatic heterocycles. The molecule has 1 aromatic carbocycles. The normalized spacial score (nSPS) is 33.3. The van der Waals surface area contributed by atoms with Crippen LogP contribution in [0.4, 0.5) is 0 Å². The van der Waals surface area contributed by atoms with Crippen LogP contribution in [0, 0.1) is 0 Å². The molecule has 3 heteroatoms. The third-order valence-corrected chi connectivity index (χ3v) is 3.28. The van der Waals surface area contributed by atoms with Crippen LogP contribution < -0.4 is 5.32 Å². The van der Waals surface area contributed by atoms with Gasteiger partial charge in [-0.2, -0.15) is 0 Å². The predicted octanol–water partition coefficient (Wildman–Crippen LogP) is 1.94. The summed E-state index contributed by atoms with van der Waals surface area (Å²) < 4.78 is 0. The highest BCUT2D eigenvalue weighted by atomic mass is 16.9. The number of allylic oxidation sites excluding steroid dienone is 1. The van der Waals surface area contributed by atoms with E-state index in [2.05, 4.69) is 43.4 Å². The summed E-state index contributed by atoms with van der Waals surface area (Å²) in [6, 6.07) is 10.4. The number of benzene rings is 1. The van der Waals surface area contributed by atoms with Crippen molar-refractivity contribution < 1.29 is 4.84 Å². The third kappa shape index (κ3) is 1.07. The molecule has 2 atom stereocenters. The maximum absolute atomic E-state index is 5.75. The van der Waals surface area contributed by atoms with E-state index in [0.717, 1.165) is 6.67 Å². The zero-order valence-electron chi connectivity index (χ0n) is 8.95. The standard InChI is InChI=1S/C12H14N2O/c1-9-10(2)13-8-14-12(9,15-14)11-6-4-3-5-7-11/h3-7,13H,8H2,1-2H3. The van der Waals surface area contributed by atoms with Crippen LogP contribution in [0.25, 0.3) is 0 Å². The Labute approximate surface area is 89.3 Å². The predicted molar refractivity (Wildman–Crippen MR) is 57.4 cm³/mol. The zero-order valence-corrected chi connectivity index (χ0v) is 8.95. The fourth-order valence-electron chi connectivity index (χ4n) is 2.19. The molecule has 2 heterocycles. The van der Waals surface area contributed by atoms with Gasteiger partial charge in [-0.25, -0.2) is 0 Å². The fourth-order valence-corrected chi connectivity index (χ4v) is 2.19. The molecule has 1 N–H and O–H groups in total. The Morgan fingerprint density at radius 2 is 2.00 bits per heavy atom. The highest BCUT2D eigenvalue weighted by Gasteiger charge is 2.60. The Morgan fingerprint density at radius 1 is 1.27 bits per heavy atom. The zero-order chi connectivity index (χ0) is 10.5. The van der Waals surface area contributed by atoms with E-state index in [4.69, 9.17) is 4.84 Å². The van der Waals surface area contributed by atoms with Crippen molar-refractivity contribution in [2.75, 3.05) is 6.67 Å². The molecular weight excluding hydrogens is 188 g/mol. The summed E-state index contributed by atoms with van der Waals surface area (Å²) in [6.45, 7) is 4.98. The van der Waals surface area contributed by atoms with E-state index in [1.807, 2.05) is 11.1 Å². The molecule has 15 heavy (non-hydrogen) atoms. The third-order valence-electron chi connectivity index (χ3n) is 3.28. The topological polar surface area (TPSA) is 27.6 Å². The minimum Gasteiger partial charge on any atom is -0.374 e. The molecule has 2 aliphatic rings. The summed E-state index contributed by atoms with van der Waals surface area (Å²) in [7, 11) is 0. The molecule has 1 fully saturated rings. The molecule has 0 aliphatic carbocycles. The Bertz CT molecular complexity index is 427. The molecule has 0 spiro atoms. The SMILES string of the molecule is CC1=C(C)C2(c3ccccc3)ON2CN1. The van der Waals surface area contributed by atoms with Crippen LogP contribution in [0.15, 0.2) is 41.6 Å². The van der Waals surface area contributed by atoms with Gasteiger partial charge >= 0.3 is 0 Å². The molecule has 0 aromatic heterocycles. The maximum atomic E-state index is 5.75. The van der Waals surface area contributed by atoms with Gasteiger partial charge in [-0.1, -0.05) is 30.3 Å². The summed E-state index contributed by atoms with van der Waals surface area (Å²) in [5.74, 6) is 0. The van der Waals surface area contributed by atoms with Crippen molar-refractivity contribution >= 4 is 0 Å². The van der Waals surface area contributed by atoms with Crippen LogP contribution in [-0.2, 0) is 10.6 Å². The first-order valence-electron chi connectivity index (χ1n) is 5.19. The average Bonchev–Trinajstić information content (AvgIpc) is 3.02. The van der Waals surface area contributed by atoms with E-state index in [1.165, 1.54) is 16.8 Å². The van der Waals surface area contributed by atoms with Crippen molar-refractivity contribution in [3.05, 3.63) is 47.2 Å². The average molecular weight is 202 g/mol. The van der Waals surface area contributed by atoms with Crippen molar-refractivity contribution in [1.82, 2.24) is 10.4 Å². The van der Waals surface area contributed by atoms with Crippen molar-refractivity contribution in [3.63, 3.8) is 0 Å². The lowest BCUT2D eigenvalue weighted by Gasteiger charge is -2.22. The van der Waals surface area contributed by atoms with Gasteiger partial charge in [0.25, 0.3) is 0 Å². The molecule has 0 amide bonds. The molecular formula is C12H14N2O. The minimum absolute atomic E-state index is 0.281. The van der Waals surface area contributed by atoms with Crippen molar-refractivity contribution in [2.24, 2.45) is 0 Å². The van der Waals surface area contributed by atoms with Crippen LogP contribution in [0.3, 0.4) is 0 Å². The number of nitrogens with one attached hydrogen (secondary N) is 1. The van der Waals surface area contributed by atoms with Crippen molar-refractivity contribution in [3.8, 4) is 0 Å². The van der Waals surface area contributed by atoms with Crippen LogP contribution in [0.5, 0.6) is 0 Å². The van der Waals surface area contributed by atoms with E-state index in [-0.39, 0.29) is 5.72 Å². The van der Waals surface area contributed by atoms with Crippen LogP contribution in [0.2, 0.25) is 0 Å². The molecule has 0 saturated carbocycles. The van der Waals surface area contributed by atoms with Gasteiger partial charge in [0.15, 0.2) is 0 Å². The molecule has 1 saturated heterocycles. The maximum Gasteiger partial charge on any atom is 0.215 e. The Kier molecular flexibility index (Phi) is 1.69. The second-order valence-electron chi connectivity index (χ2n) is 4.06. The monoisotopic (exact) mass is 202 g/mol. The Morgan fingerprint density at radius 3 is 2.73 bits per heavy atom. The van der Waals surface area contributed by atoms with Crippen LogP contribution in [0.1, 0.15) is 19.4 Å². The van der Waals surface area contributed by atoms with Gasteiger partial charge < -0.3 is 5.32 Å². The smallest absolute Gasteiger partial charge is 0.215 e. The van der Waals surface area contributed by atoms with Gasteiger partial charge in [-0.15, -0.1) is 5.06 Å². The summed E-state index contributed by atoms with van der Waals surface area (Å²) in [5.41, 5.74) is 3.40. The molecule has 0 bridgehead atoms. The Hall–Kier alpha value is -1.32. The van der Waals surface area contributed by atoms with Gasteiger partial charge in [-0.3, -0.25) is 4.84 Å². The van der Waals surface area contributed by atoms with E-state index in [1.54, 1.807) is 0 Å². The van der Waals surface area contributed by atoms with Crippen molar-refractivity contribution in [1.29, 1.82) is 0 Å². The first-order chi connectivity index (χ1) is 7.25. The molecule has 78 valence electrons. The number of hydrogen-bond donors (Lipinski definition) is 1. The first kappa shape index (κ1) is 8.95. The second kappa shape index (κ2) is 2.84. The molecule has 1 aromatic rings. The van der Waals surface area contributed by atoms with Gasteiger partial charge in [0.05, 0.1) is 6.67 Å². The highest BCUT2D eigenvalue weighted by molar-refractivity contribution is 5.38. The van der Waals surface area contributed by atoms with Gasteiger partial charge in [-0.05, 0) is 13.8 Å². The lowest BCUT2D eigenvalue weighted by Crippen LogP contribution is -2.33. The fraction of sp³-hybridized carbons (Fsp3) is 0.333. The van der Waals surface area contributed by atoms with Gasteiger partial charge in [0.1, 0.15) is 0 Å². The lowest BCUT2D eigenvalue weighted by atomic mass is 9.95. The molecule has 3 rings (SSSR count). The van der Waals surface area contributed by atoms with E-state index in [9.17, 15) is 0 Å². The van der Waals surface area contributed by atoms with Crippen molar-refractivity contribution in [2.45, 2.75) is 19.6 Å². The number of hydrogen-bond acceptors (Lipinski definition) is 3. The summed E-state index contributed by atoms with van der Waals surface area (Å²) in [5, 5.41) is 5.28. The van der Waals surface area contributed by atoms with Crippen LogP contribution in [-0.4, -0.2) is 11.7 Å².